The zero-order chi connectivity index (χ0) is 12.8. The van der Waals surface area contributed by atoms with Crippen LogP contribution in [-0.2, 0) is 14.8 Å². The molecule has 0 radical (unpaired) electrons. The fourth-order valence-corrected chi connectivity index (χ4v) is 9.25. The first-order valence-corrected chi connectivity index (χ1v) is 12.6. The molecule has 92 valence electrons. The Balaban J connectivity index is 2.12. The van der Waals surface area contributed by atoms with E-state index in [0.717, 1.165) is 6.42 Å². The van der Waals surface area contributed by atoms with Crippen molar-refractivity contribution in [2.75, 3.05) is 0 Å². The van der Waals surface area contributed by atoms with Crippen molar-refractivity contribution in [1.29, 1.82) is 0 Å². The molecule has 0 bridgehead atoms. The predicted octanol–water partition coefficient (Wildman–Crippen LogP) is 4.82. The van der Waals surface area contributed by atoms with Crippen molar-refractivity contribution in [3.05, 3.63) is 63.6 Å². The molecule has 1 heteroatoms. The summed E-state index contributed by atoms with van der Waals surface area (Å²) in [5.74, 6) is 0. The van der Waals surface area contributed by atoms with Crippen molar-refractivity contribution in [1.82, 2.24) is 0 Å². The van der Waals surface area contributed by atoms with Gasteiger partial charge in [0, 0.05) is 0 Å². The van der Waals surface area contributed by atoms with Crippen LogP contribution >= 0.6 is 0 Å². The van der Waals surface area contributed by atoms with E-state index in [0.29, 0.717) is 4.22 Å². The summed E-state index contributed by atoms with van der Waals surface area (Å²) in [6, 6.07) is 8.78. The third kappa shape index (κ3) is 1.67. The van der Waals surface area contributed by atoms with E-state index in [2.05, 4.69) is 65.1 Å². The van der Waals surface area contributed by atoms with E-state index >= 15 is 0 Å². The fraction of sp³-hybridized carbons (Fsp3) is 0.235. The van der Waals surface area contributed by atoms with Gasteiger partial charge in [-0.05, 0) is 0 Å². The van der Waals surface area contributed by atoms with Gasteiger partial charge in [0.25, 0.3) is 0 Å². The van der Waals surface area contributed by atoms with E-state index in [1.165, 1.54) is 11.1 Å². The monoisotopic (exact) mass is 272 g/mol. The Labute approximate surface area is 110 Å². The molecule has 0 heterocycles. The van der Waals surface area contributed by atoms with Crippen molar-refractivity contribution in [3.63, 3.8) is 0 Å². The Kier molecular flexibility index (Phi) is 2.52. The molecule has 0 amide bonds. The Morgan fingerprint density at radius 3 is 2.72 bits per heavy atom. The van der Waals surface area contributed by atoms with Gasteiger partial charge >= 0.3 is 110 Å². The molecule has 0 nitrogen and oxygen atoms in total. The Bertz CT molecular complexity index is 650. The summed E-state index contributed by atoms with van der Waals surface area (Å²) in [4.78, 5) is 4.80. The summed E-state index contributed by atoms with van der Waals surface area (Å²) in [5.41, 5.74) is 2.87. The molecule has 0 fully saturated rings. The standard InChI is InChI=1S/C9H7.C5H5.2CH3.CH2.Ti/c1-2-5-9-7-3-6-8(9)4-1;1-2-4-5-3-1;;;;/h1-7H;1-3H,4H2;2*1H3;1H2;. The third-order valence-corrected chi connectivity index (χ3v) is 12.4. The first-order valence-electron chi connectivity index (χ1n) is 6.68. The van der Waals surface area contributed by atoms with Crippen LogP contribution in [0.3, 0.4) is 0 Å². The minimum atomic E-state index is -2.87. The van der Waals surface area contributed by atoms with Crippen molar-refractivity contribution >= 4 is 10.9 Å². The molecule has 0 N–H and O–H groups in total. The number of rotatable bonds is 2. The van der Waals surface area contributed by atoms with Gasteiger partial charge in [-0.15, -0.1) is 0 Å². The van der Waals surface area contributed by atoms with E-state index in [-0.39, 0.29) is 0 Å². The summed E-state index contributed by atoms with van der Waals surface area (Å²) in [7, 11) is 0. The van der Waals surface area contributed by atoms with Gasteiger partial charge in [-0.3, -0.25) is 0 Å². The van der Waals surface area contributed by atoms with Crippen LogP contribution in [0.15, 0.2) is 52.4 Å². The SMILES string of the molecule is [CH2]=[Ti]([CH3])([CH3])([C]1=CC=CC1)[CH]1C=Cc2ccccc21. The van der Waals surface area contributed by atoms with Gasteiger partial charge in [-0.25, -0.2) is 0 Å². The van der Waals surface area contributed by atoms with Crippen LogP contribution in [0.25, 0.3) is 6.08 Å². The van der Waals surface area contributed by atoms with Gasteiger partial charge in [0.15, 0.2) is 0 Å². The number of hydrogen-bond acceptors (Lipinski definition) is 0. The molecule has 0 aliphatic heterocycles. The first kappa shape index (κ1) is 12.1. The number of benzene rings is 1. The van der Waals surface area contributed by atoms with Crippen LogP contribution in [-0.4, -0.2) is 4.82 Å². The van der Waals surface area contributed by atoms with Crippen molar-refractivity contribution in [3.8, 4) is 0 Å². The second kappa shape index (κ2) is 3.76. The molecule has 3 rings (SSSR count). The average Bonchev–Trinajstić information content (AvgIpc) is 2.99. The summed E-state index contributed by atoms with van der Waals surface area (Å²) in [6.07, 6.45) is 12.6. The third-order valence-electron chi connectivity index (χ3n) is 4.62. The summed E-state index contributed by atoms with van der Waals surface area (Å²) >= 11 is -2.87. The quantitative estimate of drug-likeness (QED) is 0.677. The van der Waals surface area contributed by atoms with E-state index in [9.17, 15) is 0 Å². The molecular formula is C17H20Ti. The van der Waals surface area contributed by atoms with E-state index in [1.807, 2.05) is 0 Å². The fourth-order valence-electron chi connectivity index (χ4n) is 3.31. The molecular weight excluding hydrogens is 252 g/mol. The van der Waals surface area contributed by atoms with Gasteiger partial charge in [0.1, 0.15) is 0 Å². The second-order valence-corrected chi connectivity index (χ2v) is 17.3. The van der Waals surface area contributed by atoms with Crippen LogP contribution in [0.2, 0.25) is 10.5 Å². The van der Waals surface area contributed by atoms with E-state index in [1.54, 1.807) is 3.88 Å². The minimum absolute atomic E-state index is 0.546. The number of fused-ring (bicyclic) bond motifs is 1. The van der Waals surface area contributed by atoms with Gasteiger partial charge in [0.05, 0.1) is 0 Å². The van der Waals surface area contributed by atoms with Crippen LogP contribution < -0.4 is 0 Å². The van der Waals surface area contributed by atoms with Gasteiger partial charge in [-0.2, -0.15) is 0 Å². The molecule has 1 unspecified atom stereocenters. The molecule has 2 aliphatic carbocycles. The molecule has 2 aliphatic rings. The number of allylic oxidation sites excluding steroid dienone is 5. The van der Waals surface area contributed by atoms with E-state index in [4.69, 9.17) is 4.82 Å². The summed E-state index contributed by atoms with van der Waals surface area (Å²) in [6.45, 7) is 0. The molecule has 1 aromatic carbocycles. The Hall–Kier alpha value is -0.976. The van der Waals surface area contributed by atoms with Crippen molar-refractivity contribution in [2.45, 2.75) is 21.1 Å². The maximum absolute atomic E-state index is 4.80. The normalized spacial score (nSPS) is 22.2. The van der Waals surface area contributed by atoms with Crippen LogP contribution in [0.1, 0.15) is 21.8 Å². The summed E-state index contributed by atoms with van der Waals surface area (Å²) in [5, 5.41) is 4.93. The zero-order valence-electron chi connectivity index (χ0n) is 11.2. The molecule has 1 aromatic rings. The predicted molar refractivity (Wildman–Crippen MR) is 78.9 cm³/mol. The molecule has 0 saturated carbocycles. The Morgan fingerprint density at radius 1 is 1.22 bits per heavy atom. The second-order valence-electron chi connectivity index (χ2n) is 6.60. The first-order chi connectivity index (χ1) is 8.47. The van der Waals surface area contributed by atoms with Crippen LogP contribution in [0, 0.1) is 0 Å². The Morgan fingerprint density at radius 2 is 2.00 bits per heavy atom. The van der Waals surface area contributed by atoms with Gasteiger partial charge in [0.2, 0.25) is 0 Å². The van der Waals surface area contributed by atoms with Crippen molar-refractivity contribution in [2.24, 2.45) is 0 Å². The van der Waals surface area contributed by atoms with Gasteiger partial charge in [-0.1, -0.05) is 0 Å². The molecule has 0 saturated heterocycles. The average molecular weight is 272 g/mol. The number of hydrogen-bond donors (Lipinski definition) is 0. The molecule has 0 spiro atoms. The summed E-state index contributed by atoms with van der Waals surface area (Å²) < 4.78 is 2.16. The van der Waals surface area contributed by atoms with E-state index < -0.39 is 14.8 Å². The molecule has 18 heavy (non-hydrogen) atoms. The topological polar surface area (TPSA) is 0 Å². The van der Waals surface area contributed by atoms with Crippen LogP contribution in [0.4, 0.5) is 0 Å². The van der Waals surface area contributed by atoms with Gasteiger partial charge < -0.3 is 0 Å². The molecule has 1 atom stereocenters. The molecule has 0 aromatic heterocycles. The maximum atomic E-state index is 4.80. The van der Waals surface area contributed by atoms with Crippen molar-refractivity contribution < 1.29 is 14.8 Å². The zero-order valence-corrected chi connectivity index (χ0v) is 12.7. The van der Waals surface area contributed by atoms with Crippen LogP contribution in [0.5, 0.6) is 0 Å².